The first-order valence-corrected chi connectivity index (χ1v) is 13.1. The molecule has 0 saturated heterocycles. The van der Waals surface area contributed by atoms with Gasteiger partial charge < -0.3 is 9.47 Å². The second kappa shape index (κ2) is 11.4. The van der Waals surface area contributed by atoms with Crippen molar-refractivity contribution in [1.82, 2.24) is 0 Å². The lowest BCUT2D eigenvalue weighted by Crippen LogP contribution is -2.13. The van der Waals surface area contributed by atoms with E-state index in [1.165, 1.54) is 10.4 Å². The molecule has 0 aliphatic carbocycles. The number of benzene rings is 2. The summed E-state index contributed by atoms with van der Waals surface area (Å²) in [6.45, 7) is 11.1. The molecule has 34 heavy (non-hydrogen) atoms. The first kappa shape index (κ1) is 26.2. The maximum Gasteiger partial charge on any atom is 0.195 e. The van der Waals surface area contributed by atoms with E-state index >= 15 is 0 Å². The SMILES string of the molecule is CCCc1sc(C(=O)/C=C/c2ccc(OC)c(COc3cc(C)ccc3C(C)(C)C)c2)cc1Br. The Hall–Kier alpha value is -2.37. The molecule has 0 aliphatic rings. The number of carbonyl (C=O) groups excluding carboxylic acids is 1. The highest BCUT2D eigenvalue weighted by molar-refractivity contribution is 9.10. The van der Waals surface area contributed by atoms with Crippen LogP contribution in [0.1, 0.15) is 70.9 Å². The molecule has 0 bridgehead atoms. The summed E-state index contributed by atoms with van der Waals surface area (Å²) in [7, 11) is 1.66. The molecule has 0 unspecified atom stereocenters. The lowest BCUT2D eigenvalue weighted by Gasteiger charge is -2.23. The molecule has 0 radical (unpaired) electrons. The van der Waals surface area contributed by atoms with Crippen LogP contribution >= 0.6 is 27.3 Å². The molecule has 0 saturated carbocycles. The lowest BCUT2D eigenvalue weighted by molar-refractivity contribution is 0.105. The van der Waals surface area contributed by atoms with Crippen LogP contribution in [0, 0.1) is 6.92 Å². The third kappa shape index (κ3) is 6.61. The Kier molecular flexibility index (Phi) is 8.78. The summed E-state index contributed by atoms with van der Waals surface area (Å²) in [6.07, 6.45) is 5.52. The predicted octanol–water partition coefficient (Wildman–Crippen LogP) is 8.55. The van der Waals surface area contributed by atoms with Crippen LogP contribution in [0.2, 0.25) is 0 Å². The molecule has 5 heteroatoms. The van der Waals surface area contributed by atoms with Gasteiger partial charge in [0.2, 0.25) is 0 Å². The number of hydrogen-bond acceptors (Lipinski definition) is 4. The zero-order valence-corrected chi connectivity index (χ0v) is 23.2. The maximum absolute atomic E-state index is 12.7. The van der Waals surface area contributed by atoms with E-state index in [0.717, 1.165) is 50.4 Å². The Morgan fingerprint density at radius 1 is 1.09 bits per heavy atom. The second-order valence-corrected chi connectivity index (χ2v) is 11.4. The molecule has 3 aromatic rings. The van der Waals surface area contributed by atoms with Crippen molar-refractivity contribution in [3.8, 4) is 11.5 Å². The van der Waals surface area contributed by atoms with Gasteiger partial charge >= 0.3 is 0 Å². The van der Waals surface area contributed by atoms with E-state index in [9.17, 15) is 4.79 Å². The Labute approximate surface area is 215 Å². The number of halogens is 1. The number of rotatable bonds is 9. The number of hydrogen-bond donors (Lipinski definition) is 0. The van der Waals surface area contributed by atoms with Gasteiger partial charge in [-0.1, -0.05) is 58.4 Å². The van der Waals surface area contributed by atoms with Crippen molar-refractivity contribution < 1.29 is 14.3 Å². The summed E-state index contributed by atoms with van der Waals surface area (Å²) in [5.74, 6) is 1.66. The highest BCUT2D eigenvalue weighted by Gasteiger charge is 2.19. The first-order valence-electron chi connectivity index (χ1n) is 11.5. The number of ether oxygens (including phenoxy) is 2. The van der Waals surface area contributed by atoms with E-state index < -0.39 is 0 Å². The van der Waals surface area contributed by atoms with Gasteiger partial charge in [-0.3, -0.25) is 4.79 Å². The van der Waals surface area contributed by atoms with Crippen LogP contribution in [0.15, 0.2) is 53.0 Å². The van der Waals surface area contributed by atoms with Crippen LogP contribution in [0.25, 0.3) is 6.08 Å². The van der Waals surface area contributed by atoms with Crippen LogP contribution in [0.5, 0.6) is 11.5 Å². The quantitative estimate of drug-likeness (QED) is 0.201. The monoisotopic (exact) mass is 540 g/mol. The Bertz CT molecular complexity index is 1180. The molecule has 2 aromatic carbocycles. The minimum atomic E-state index is -0.0220. The average Bonchev–Trinajstić information content (AvgIpc) is 3.16. The smallest absolute Gasteiger partial charge is 0.195 e. The van der Waals surface area contributed by atoms with Crippen LogP contribution in [-0.4, -0.2) is 12.9 Å². The largest absolute Gasteiger partial charge is 0.496 e. The number of allylic oxidation sites excluding steroid dienone is 1. The Morgan fingerprint density at radius 3 is 2.53 bits per heavy atom. The van der Waals surface area contributed by atoms with E-state index in [4.69, 9.17) is 9.47 Å². The zero-order chi connectivity index (χ0) is 24.9. The second-order valence-electron chi connectivity index (χ2n) is 9.44. The normalized spacial score (nSPS) is 11.7. The van der Waals surface area contributed by atoms with Crippen molar-refractivity contribution in [3.63, 3.8) is 0 Å². The van der Waals surface area contributed by atoms with Gasteiger partial charge in [-0.2, -0.15) is 0 Å². The van der Waals surface area contributed by atoms with Crippen LogP contribution < -0.4 is 9.47 Å². The molecule has 0 aliphatic heterocycles. The van der Waals surface area contributed by atoms with Gasteiger partial charge in [-0.25, -0.2) is 0 Å². The van der Waals surface area contributed by atoms with E-state index in [1.807, 2.05) is 30.3 Å². The van der Waals surface area contributed by atoms with E-state index in [0.29, 0.717) is 6.61 Å². The van der Waals surface area contributed by atoms with Crippen molar-refractivity contribution >= 4 is 39.1 Å². The number of methoxy groups -OCH3 is 1. The number of thiophene rings is 1. The maximum atomic E-state index is 12.7. The Morgan fingerprint density at radius 2 is 1.85 bits per heavy atom. The first-order chi connectivity index (χ1) is 16.1. The predicted molar refractivity (Wildman–Crippen MR) is 147 cm³/mol. The van der Waals surface area contributed by atoms with Gasteiger partial charge in [0.25, 0.3) is 0 Å². The fraction of sp³-hybridized carbons (Fsp3) is 0.345. The van der Waals surface area contributed by atoms with Crippen molar-refractivity contribution in [1.29, 1.82) is 0 Å². The standard InChI is InChI=1S/C29H33BrO3S/c1-7-8-27-23(30)17-28(34-27)24(31)13-10-20-11-14-25(32-6)21(16-20)18-33-26-15-19(2)9-12-22(26)29(3,4)5/h9-17H,7-8,18H2,1-6H3/b13-10+. The van der Waals surface area contributed by atoms with E-state index in [-0.39, 0.29) is 11.2 Å². The van der Waals surface area contributed by atoms with Crippen molar-refractivity contribution in [3.05, 3.63) is 85.0 Å². The molecule has 3 nitrogen and oxygen atoms in total. The Balaban J connectivity index is 1.80. The molecular weight excluding hydrogens is 508 g/mol. The van der Waals surface area contributed by atoms with Crippen LogP contribution in [0.4, 0.5) is 0 Å². The molecule has 0 atom stereocenters. The molecule has 0 N–H and O–H groups in total. The van der Waals surface area contributed by atoms with Gasteiger partial charge in [0, 0.05) is 14.9 Å². The minimum Gasteiger partial charge on any atom is -0.496 e. The van der Waals surface area contributed by atoms with Crippen molar-refractivity contribution in [2.75, 3.05) is 7.11 Å². The van der Waals surface area contributed by atoms with E-state index in [1.54, 1.807) is 24.5 Å². The van der Waals surface area contributed by atoms with E-state index in [2.05, 4.69) is 68.7 Å². The summed E-state index contributed by atoms with van der Waals surface area (Å²) in [4.78, 5) is 14.7. The van der Waals surface area contributed by atoms with Crippen molar-refractivity contribution in [2.24, 2.45) is 0 Å². The number of aryl methyl sites for hydroxylation is 2. The summed E-state index contributed by atoms with van der Waals surface area (Å²) >= 11 is 5.13. The molecule has 0 spiro atoms. The van der Waals surface area contributed by atoms with Gasteiger partial charge in [0.05, 0.1) is 12.0 Å². The molecule has 180 valence electrons. The van der Waals surface area contributed by atoms with Crippen LogP contribution in [0.3, 0.4) is 0 Å². The molecule has 0 fully saturated rings. The third-order valence-electron chi connectivity index (χ3n) is 5.54. The topological polar surface area (TPSA) is 35.5 Å². The minimum absolute atomic E-state index is 0.0104. The summed E-state index contributed by atoms with van der Waals surface area (Å²) < 4.78 is 12.9. The molecular formula is C29H33BrO3S. The summed E-state index contributed by atoms with van der Waals surface area (Å²) in [6, 6.07) is 14.2. The highest BCUT2D eigenvalue weighted by atomic mass is 79.9. The fourth-order valence-electron chi connectivity index (χ4n) is 3.72. The van der Waals surface area contributed by atoms with Gasteiger partial charge in [-0.15, -0.1) is 11.3 Å². The number of ketones is 1. The molecule has 1 aromatic heterocycles. The van der Waals surface area contributed by atoms with Crippen LogP contribution in [-0.2, 0) is 18.4 Å². The average molecular weight is 542 g/mol. The lowest BCUT2D eigenvalue weighted by atomic mass is 9.86. The summed E-state index contributed by atoms with van der Waals surface area (Å²) in [5.41, 5.74) is 4.17. The third-order valence-corrected chi connectivity index (χ3v) is 7.72. The van der Waals surface area contributed by atoms with Gasteiger partial charge in [0.15, 0.2) is 5.78 Å². The highest BCUT2D eigenvalue weighted by Crippen LogP contribution is 2.33. The number of carbonyl (C=O) groups is 1. The van der Waals surface area contributed by atoms with Crippen molar-refractivity contribution in [2.45, 2.75) is 59.5 Å². The molecule has 1 heterocycles. The van der Waals surface area contributed by atoms with Gasteiger partial charge in [-0.05, 0) is 81.7 Å². The summed E-state index contributed by atoms with van der Waals surface area (Å²) in [5, 5.41) is 0. The van der Waals surface area contributed by atoms with Gasteiger partial charge in [0.1, 0.15) is 18.1 Å². The zero-order valence-electron chi connectivity index (χ0n) is 20.8. The molecule has 3 rings (SSSR count). The molecule has 0 amide bonds. The fourth-order valence-corrected chi connectivity index (χ4v) is 5.61.